The van der Waals surface area contributed by atoms with Gasteiger partial charge in [-0.05, 0) is 12.8 Å². The van der Waals surface area contributed by atoms with E-state index in [-0.39, 0.29) is 5.91 Å². The molecule has 1 aliphatic rings. The van der Waals surface area contributed by atoms with Crippen molar-refractivity contribution in [3.8, 4) is 0 Å². The van der Waals surface area contributed by atoms with E-state index in [4.69, 9.17) is 0 Å². The molecule has 302 valence electrons. The standard InChI is InChI=1S/C47H93N3O/c1-3-5-7-9-11-13-15-17-19-21-22-23-25-26-28-30-32-34-36-38-40-46-48-42-44-50(46)45-43-49-47(51)41-39-37-35-33-31-29-27-24-20-18-16-14-12-10-8-6-4-2/h44,46,48H,3-43,45H2,1-2H3/p+1. The van der Waals surface area contributed by atoms with Crippen LogP contribution in [0.3, 0.4) is 0 Å². The molecule has 51 heavy (non-hydrogen) atoms. The van der Waals surface area contributed by atoms with E-state index in [0.717, 1.165) is 26.1 Å². The maximum Gasteiger partial charge on any atom is 0.220 e. The monoisotopic (exact) mass is 717 g/mol. The largest absolute Gasteiger partial charge is 0.350 e. The van der Waals surface area contributed by atoms with Gasteiger partial charge in [0.05, 0.1) is 13.1 Å². The Bertz CT molecular complexity index is 737. The van der Waals surface area contributed by atoms with E-state index in [2.05, 4.69) is 35.3 Å². The third-order valence-electron chi connectivity index (χ3n) is 11.6. The van der Waals surface area contributed by atoms with Crippen molar-refractivity contribution in [3.05, 3.63) is 0 Å². The summed E-state index contributed by atoms with van der Waals surface area (Å²) in [5.74, 6) is 0.244. The Hall–Kier alpha value is -0.900. The van der Waals surface area contributed by atoms with Gasteiger partial charge < -0.3 is 5.32 Å². The molecule has 0 aliphatic carbocycles. The van der Waals surface area contributed by atoms with Crippen molar-refractivity contribution < 1.29 is 9.37 Å². The molecule has 1 aliphatic heterocycles. The fraction of sp³-hybridized carbons (Fsp3) is 0.957. The van der Waals surface area contributed by atoms with E-state index in [1.807, 2.05) is 0 Å². The number of amides is 1. The van der Waals surface area contributed by atoms with Crippen LogP contribution in [0.5, 0.6) is 0 Å². The first kappa shape index (κ1) is 48.1. The number of nitrogens with zero attached hydrogens (tertiary/aromatic N) is 1. The fourth-order valence-electron chi connectivity index (χ4n) is 8.08. The van der Waals surface area contributed by atoms with Gasteiger partial charge in [-0.2, -0.15) is 0 Å². The summed E-state index contributed by atoms with van der Waals surface area (Å²) in [6.07, 6.45) is 56.8. The van der Waals surface area contributed by atoms with Gasteiger partial charge in [0.15, 0.2) is 12.8 Å². The third-order valence-corrected chi connectivity index (χ3v) is 11.6. The maximum absolute atomic E-state index is 12.4. The number of hydrogen-bond donors (Lipinski definition) is 2. The van der Waals surface area contributed by atoms with E-state index in [1.54, 1.807) is 0 Å². The van der Waals surface area contributed by atoms with Gasteiger partial charge in [-0.15, -0.1) is 0 Å². The lowest BCUT2D eigenvalue weighted by Crippen LogP contribution is -2.37. The summed E-state index contributed by atoms with van der Waals surface area (Å²) in [4.78, 5) is 12.4. The van der Waals surface area contributed by atoms with Crippen LogP contribution in [0.2, 0.25) is 0 Å². The van der Waals surface area contributed by atoms with Crippen molar-refractivity contribution in [1.82, 2.24) is 10.6 Å². The van der Waals surface area contributed by atoms with Crippen LogP contribution in [0.4, 0.5) is 0 Å². The highest BCUT2D eigenvalue weighted by atomic mass is 16.1. The zero-order valence-corrected chi connectivity index (χ0v) is 35.2. The molecule has 0 bridgehead atoms. The third kappa shape index (κ3) is 34.6. The van der Waals surface area contributed by atoms with Gasteiger partial charge in [0.1, 0.15) is 0 Å². The van der Waals surface area contributed by atoms with E-state index in [9.17, 15) is 4.79 Å². The predicted octanol–water partition coefficient (Wildman–Crippen LogP) is 14.4. The van der Waals surface area contributed by atoms with Crippen molar-refractivity contribution in [2.75, 3.05) is 19.6 Å². The summed E-state index contributed by atoms with van der Waals surface area (Å²) in [5, 5.41) is 6.84. The minimum absolute atomic E-state index is 0.244. The smallest absolute Gasteiger partial charge is 0.220 e. The van der Waals surface area contributed by atoms with Crippen LogP contribution < -0.4 is 10.6 Å². The summed E-state index contributed by atoms with van der Waals surface area (Å²) in [6, 6.07) is 0. The van der Waals surface area contributed by atoms with Crippen LogP contribution in [0.25, 0.3) is 0 Å². The van der Waals surface area contributed by atoms with Crippen LogP contribution >= 0.6 is 0 Å². The first-order chi connectivity index (χ1) is 25.3. The Labute approximate surface area is 321 Å². The highest BCUT2D eigenvalue weighted by molar-refractivity contribution is 5.75. The molecule has 0 radical (unpaired) electrons. The molecule has 1 atom stereocenters. The van der Waals surface area contributed by atoms with Gasteiger partial charge >= 0.3 is 0 Å². The van der Waals surface area contributed by atoms with Gasteiger partial charge in [0.2, 0.25) is 12.1 Å². The zero-order chi connectivity index (χ0) is 36.6. The SMILES string of the molecule is CCCCCCCCCCCCCCCCCCCCCCC1NCC=[N+]1CCNC(=O)CCCCCCCCCCCCCCCCCCC. The van der Waals surface area contributed by atoms with Crippen molar-refractivity contribution >= 4 is 12.1 Å². The molecule has 0 aromatic carbocycles. The number of carbonyl (C=O) groups excluding carboxylic acids is 1. The summed E-state index contributed by atoms with van der Waals surface area (Å²) in [5.41, 5.74) is 0. The summed E-state index contributed by atoms with van der Waals surface area (Å²) < 4.78 is 2.44. The van der Waals surface area contributed by atoms with E-state index < -0.39 is 0 Å². The molecular formula is C47H94N3O+. The van der Waals surface area contributed by atoms with Gasteiger partial charge in [-0.25, -0.2) is 9.89 Å². The summed E-state index contributed by atoms with van der Waals surface area (Å²) >= 11 is 0. The molecular weight excluding hydrogens is 623 g/mol. The zero-order valence-electron chi connectivity index (χ0n) is 35.2. The van der Waals surface area contributed by atoms with E-state index in [0.29, 0.717) is 12.6 Å². The lowest BCUT2D eigenvalue weighted by Gasteiger charge is -2.12. The summed E-state index contributed by atoms with van der Waals surface area (Å²) in [6.45, 7) is 7.27. The Morgan fingerprint density at radius 1 is 0.490 bits per heavy atom. The van der Waals surface area contributed by atoms with Crippen molar-refractivity contribution in [1.29, 1.82) is 0 Å². The second kappa shape index (κ2) is 40.3. The number of rotatable bonds is 42. The molecule has 2 N–H and O–H groups in total. The fourth-order valence-corrected chi connectivity index (χ4v) is 8.08. The molecule has 0 aromatic heterocycles. The molecule has 1 unspecified atom stereocenters. The predicted molar refractivity (Wildman–Crippen MR) is 227 cm³/mol. The van der Waals surface area contributed by atoms with Gasteiger partial charge in [0.25, 0.3) is 0 Å². The Kier molecular flexibility index (Phi) is 38.0. The maximum atomic E-state index is 12.4. The van der Waals surface area contributed by atoms with Crippen molar-refractivity contribution in [2.45, 2.75) is 270 Å². The molecule has 4 nitrogen and oxygen atoms in total. The normalized spacial score (nSPS) is 14.4. The first-order valence-corrected chi connectivity index (χ1v) is 23.9. The molecule has 0 spiro atoms. The number of carbonyl (C=O) groups is 1. The second-order valence-electron chi connectivity index (χ2n) is 16.6. The van der Waals surface area contributed by atoms with Crippen LogP contribution in [0, 0.1) is 0 Å². The number of unbranched alkanes of at least 4 members (excludes halogenated alkanes) is 35. The molecule has 0 fully saturated rings. The first-order valence-electron chi connectivity index (χ1n) is 23.9. The molecule has 4 heteroatoms. The average molecular weight is 717 g/mol. The Morgan fingerprint density at radius 2 is 0.804 bits per heavy atom. The highest BCUT2D eigenvalue weighted by Gasteiger charge is 2.24. The minimum atomic E-state index is 0.244. The van der Waals surface area contributed by atoms with E-state index in [1.165, 1.54) is 238 Å². The van der Waals surface area contributed by atoms with Crippen LogP contribution in [-0.2, 0) is 4.79 Å². The van der Waals surface area contributed by atoms with Crippen molar-refractivity contribution in [3.63, 3.8) is 0 Å². The lowest BCUT2D eigenvalue weighted by atomic mass is 10.0. The van der Waals surface area contributed by atoms with Crippen LogP contribution in [-0.4, -0.2) is 42.5 Å². The quantitative estimate of drug-likeness (QED) is 0.0488. The summed E-state index contributed by atoms with van der Waals surface area (Å²) in [7, 11) is 0. The molecule has 0 saturated heterocycles. The average Bonchev–Trinajstić information content (AvgIpc) is 3.59. The minimum Gasteiger partial charge on any atom is -0.350 e. The molecule has 1 rings (SSSR count). The van der Waals surface area contributed by atoms with Crippen LogP contribution in [0.1, 0.15) is 264 Å². The molecule has 1 heterocycles. The Morgan fingerprint density at radius 3 is 1.16 bits per heavy atom. The highest BCUT2D eigenvalue weighted by Crippen LogP contribution is 2.17. The molecule has 1 amide bonds. The lowest BCUT2D eigenvalue weighted by molar-refractivity contribution is -0.558. The number of nitrogens with one attached hydrogen (secondary N) is 2. The van der Waals surface area contributed by atoms with Gasteiger partial charge in [-0.3, -0.25) is 4.79 Å². The molecule has 0 aromatic rings. The van der Waals surface area contributed by atoms with Gasteiger partial charge in [-0.1, -0.05) is 239 Å². The second-order valence-corrected chi connectivity index (χ2v) is 16.6. The molecule has 0 saturated carbocycles. The topological polar surface area (TPSA) is 44.1 Å². The van der Waals surface area contributed by atoms with Crippen molar-refractivity contribution in [2.24, 2.45) is 0 Å². The van der Waals surface area contributed by atoms with E-state index >= 15 is 0 Å². The Balaban J connectivity index is 1.80. The van der Waals surface area contributed by atoms with Crippen LogP contribution in [0.15, 0.2) is 0 Å². The number of hydrogen-bond acceptors (Lipinski definition) is 2. The van der Waals surface area contributed by atoms with Gasteiger partial charge in [0, 0.05) is 12.8 Å².